The third kappa shape index (κ3) is 4.30. The van der Waals surface area contributed by atoms with Crippen molar-refractivity contribution in [1.82, 2.24) is 4.90 Å². The van der Waals surface area contributed by atoms with E-state index in [1.165, 1.54) is 11.1 Å². The predicted molar refractivity (Wildman–Crippen MR) is 128 cm³/mol. The van der Waals surface area contributed by atoms with E-state index < -0.39 is 6.16 Å². The highest BCUT2D eigenvalue weighted by Gasteiger charge is 2.27. The number of piperazine rings is 1. The SMILES string of the molecule is Cc1c(N2CCN(C(c3ccccc3)c3ccccc3)CC2)ccc2oc(OC(=O)O)cc12. The highest BCUT2D eigenvalue weighted by molar-refractivity contribution is 5.88. The van der Waals surface area contributed by atoms with Gasteiger partial charge in [-0.3, -0.25) is 4.90 Å². The van der Waals surface area contributed by atoms with Crippen LogP contribution >= 0.6 is 0 Å². The van der Waals surface area contributed by atoms with Crippen molar-refractivity contribution in [3.63, 3.8) is 0 Å². The molecule has 1 aliphatic heterocycles. The van der Waals surface area contributed by atoms with Crippen molar-refractivity contribution in [3.05, 3.63) is 95.6 Å². The van der Waals surface area contributed by atoms with Crippen LogP contribution in [0, 0.1) is 6.92 Å². The van der Waals surface area contributed by atoms with Crippen LogP contribution in [0.4, 0.5) is 10.5 Å². The lowest BCUT2D eigenvalue weighted by molar-refractivity contribution is 0.134. The number of fused-ring (bicyclic) bond motifs is 1. The van der Waals surface area contributed by atoms with Crippen molar-refractivity contribution in [2.45, 2.75) is 13.0 Å². The van der Waals surface area contributed by atoms with Crippen molar-refractivity contribution in [2.24, 2.45) is 0 Å². The number of benzene rings is 3. The Morgan fingerprint density at radius 1 is 0.909 bits per heavy atom. The summed E-state index contributed by atoms with van der Waals surface area (Å²) < 4.78 is 10.2. The number of nitrogens with zero attached hydrogens (tertiary/aromatic N) is 2. The molecule has 1 N–H and O–H groups in total. The molecule has 1 fully saturated rings. The number of aryl methyl sites for hydroxylation is 1. The summed E-state index contributed by atoms with van der Waals surface area (Å²) in [6, 6.07) is 27.2. The highest BCUT2D eigenvalue weighted by atomic mass is 16.7. The third-order valence-electron chi connectivity index (χ3n) is 6.36. The molecule has 1 aromatic heterocycles. The van der Waals surface area contributed by atoms with Crippen LogP contribution in [0.3, 0.4) is 0 Å². The minimum atomic E-state index is -1.38. The number of carboxylic acid groups (broad SMARTS) is 1. The Morgan fingerprint density at radius 2 is 1.52 bits per heavy atom. The van der Waals surface area contributed by atoms with Crippen molar-refractivity contribution >= 4 is 22.8 Å². The maximum atomic E-state index is 10.8. The summed E-state index contributed by atoms with van der Waals surface area (Å²) in [5, 5.41) is 9.73. The molecule has 168 valence electrons. The number of ether oxygens (including phenoxy) is 1. The fraction of sp³-hybridized carbons (Fsp3) is 0.222. The molecule has 0 unspecified atom stereocenters. The van der Waals surface area contributed by atoms with E-state index in [0.29, 0.717) is 5.58 Å². The summed E-state index contributed by atoms with van der Waals surface area (Å²) in [5.74, 6) is -0.00358. The molecule has 0 amide bonds. The lowest BCUT2D eigenvalue weighted by Gasteiger charge is -2.41. The molecule has 1 aliphatic rings. The van der Waals surface area contributed by atoms with Gasteiger partial charge in [0.1, 0.15) is 5.58 Å². The lowest BCUT2D eigenvalue weighted by Crippen LogP contribution is -2.48. The highest BCUT2D eigenvalue weighted by Crippen LogP contribution is 2.35. The number of rotatable bonds is 5. The van der Waals surface area contributed by atoms with E-state index in [1.807, 2.05) is 19.1 Å². The monoisotopic (exact) mass is 442 g/mol. The molecular formula is C27H26N2O4. The largest absolute Gasteiger partial charge is 0.513 e. The second-order valence-electron chi connectivity index (χ2n) is 8.30. The molecule has 0 bridgehead atoms. The predicted octanol–water partition coefficient (Wildman–Crippen LogP) is 5.71. The molecule has 4 aromatic rings. The summed E-state index contributed by atoms with van der Waals surface area (Å²) in [5.41, 5.74) is 5.44. The molecule has 0 saturated carbocycles. The number of carbonyl (C=O) groups is 1. The average Bonchev–Trinajstić information content (AvgIpc) is 3.24. The van der Waals surface area contributed by atoms with Gasteiger partial charge in [-0.15, -0.1) is 0 Å². The van der Waals surface area contributed by atoms with Crippen molar-refractivity contribution in [2.75, 3.05) is 31.1 Å². The first kappa shape index (κ1) is 21.1. The molecule has 5 rings (SSSR count). The lowest BCUT2D eigenvalue weighted by atomic mass is 9.96. The third-order valence-corrected chi connectivity index (χ3v) is 6.36. The summed E-state index contributed by atoms with van der Waals surface area (Å²) in [6.07, 6.45) is -1.38. The quantitative estimate of drug-likeness (QED) is 0.400. The smallest absolute Gasteiger partial charge is 0.449 e. The van der Waals surface area contributed by atoms with E-state index in [1.54, 1.807) is 6.07 Å². The molecular weight excluding hydrogens is 416 g/mol. The van der Waals surface area contributed by atoms with Crippen LogP contribution in [-0.4, -0.2) is 42.3 Å². The molecule has 0 spiro atoms. The molecule has 0 atom stereocenters. The zero-order chi connectivity index (χ0) is 22.8. The molecule has 1 saturated heterocycles. The van der Waals surface area contributed by atoms with Crippen LogP contribution in [0.2, 0.25) is 0 Å². The fourth-order valence-electron chi connectivity index (χ4n) is 4.80. The van der Waals surface area contributed by atoms with Gasteiger partial charge in [0.05, 0.1) is 6.04 Å². The number of hydrogen-bond acceptors (Lipinski definition) is 5. The van der Waals surface area contributed by atoms with Gasteiger partial charge >= 0.3 is 6.16 Å². The van der Waals surface area contributed by atoms with E-state index in [2.05, 4.69) is 70.5 Å². The Balaban J connectivity index is 1.37. The van der Waals surface area contributed by atoms with E-state index in [-0.39, 0.29) is 12.0 Å². The van der Waals surface area contributed by atoms with Gasteiger partial charge in [-0.05, 0) is 35.7 Å². The van der Waals surface area contributed by atoms with Crippen molar-refractivity contribution < 1.29 is 19.1 Å². The molecule has 0 aliphatic carbocycles. The van der Waals surface area contributed by atoms with Gasteiger partial charge in [-0.2, -0.15) is 0 Å². The van der Waals surface area contributed by atoms with Crippen molar-refractivity contribution in [1.29, 1.82) is 0 Å². The Bertz CT molecular complexity index is 1210. The number of hydrogen-bond donors (Lipinski definition) is 1. The van der Waals surface area contributed by atoms with E-state index in [4.69, 9.17) is 14.3 Å². The first-order valence-corrected chi connectivity index (χ1v) is 11.1. The van der Waals surface area contributed by atoms with E-state index in [0.717, 1.165) is 42.8 Å². The summed E-state index contributed by atoms with van der Waals surface area (Å²) in [4.78, 5) is 15.8. The molecule has 3 aromatic carbocycles. The van der Waals surface area contributed by atoms with Gasteiger partial charge in [-0.1, -0.05) is 60.7 Å². The Morgan fingerprint density at radius 3 is 2.09 bits per heavy atom. The molecule has 33 heavy (non-hydrogen) atoms. The van der Waals surface area contributed by atoms with Crippen LogP contribution in [0.15, 0.2) is 83.3 Å². The number of anilines is 1. The summed E-state index contributed by atoms with van der Waals surface area (Å²) in [6.45, 7) is 5.72. The van der Waals surface area contributed by atoms with Gasteiger partial charge in [0.15, 0.2) is 0 Å². The van der Waals surface area contributed by atoms with Crippen LogP contribution < -0.4 is 9.64 Å². The first-order valence-electron chi connectivity index (χ1n) is 11.1. The van der Waals surface area contributed by atoms with Crippen LogP contribution in [0.5, 0.6) is 5.95 Å². The van der Waals surface area contributed by atoms with Crippen LogP contribution in [0.1, 0.15) is 22.7 Å². The van der Waals surface area contributed by atoms with Gasteiger partial charge in [0.2, 0.25) is 0 Å². The summed E-state index contributed by atoms with van der Waals surface area (Å²) in [7, 11) is 0. The topological polar surface area (TPSA) is 66.2 Å². The maximum Gasteiger partial charge on any atom is 0.513 e. The van der Waals surface area contributed by atoms with Gasteiger partial charge in [0, 0.05) is 43.3 Å². The van der Waals surface area contributed by atoms with E-state index >= 15 is 0 Å². The molecule has 2 heterocycles. The van der Waals surface area contributed by atoms with Crippen molar-refractivity contribution in [3.8, 4) is 5.95 Å². The second kappa shape index (κ2) is 9.00. The number of furan rings is 1. The molecule has 0 radical (unpaired) electrons. The van der Waals surface area contributed by atoms with E-state index in [9.17, 15) is 4.79 Å². The molecule has 6 nitrogen and oxygen atoms in total. The normalized spacial score (nSPS) is 14.7. The standard InChI is InChI=1S/C27H26N2O4/c1-19-22-18-25(33-27(30)31)32-24(22)13-12-23(19)28-14-16-29(17-15-28)26(20-8-4-2-5-9-20)21-10-6-3-7-11-21/h2-13,18,26H,14-17H2,1H3,(H,30,31). The zero-order valence-electron chi connectivity index (χ0n) is 18.5. The second-order valence-corrected chi connectivity index (χ2v) is 8.30. The fourth-order valence-corrected chi connectivity index (χ4v) is 4.80. The average molecular weight is 443 g/mol. The maximum absolute atomic E-state index is 10.8. The van der Waals surface area contributed by atoms with Crippen LogP contribution in [0.25, 0.3) is 11.0 Å². The summed E-state index contributed by atoms with van der Waals surface area (Å²) >= 11 is 0. The minimum Gasteiger partial charge on any atom is -0.449 e. The first-order chi connectivity index (χ1) is 16.1. The van der Waals surface area contributed by atoms with Gasteiger partial charge in [0.25, 0.3) is 5.95 Å². The molecule has 6 heteroatoms. The minimum absolute atomic E-state index is 0.00358. The Kier molecular flexibility index (Phi) is 5.75. The Labute approximate surface area is 192 Å². The Hall–Kier alpha value is -3.77. The van der Waals surface area contributed by atoms with Gasteiger partial charge in [-0.25, -0.2) is 4.79 Å². The van der Waals surface area contributed by atoms with Gasteiger partial charge < -0.3 is 19.2 Å². The van der Waals surface area contributed by atoms with Crippen LogP contribution in [-0.2, 0) is 0 Å². The zero-order valence-corrected chi connectivity index (χ0v) is 18.5.